The van der Waals surface area contributed by atoms with Gasteiger partial charge in [-0.2, -0.15) is 0 Å². The Bertz CT molecular complexity index is 604. The van der Waals surface area contributed by atoms with Gasteiger partial charge in [0, 0.05) is 30.9 Å². The molecule has 1 unspecified atom stereocenters. The number of benzene rings is 1. The Hall–Kier alpha value is -1.39. The van der Waals surface area contributed by atoms with Crippen LogP contribution in [-0.4, -0.2) is 55.0 Å². The monoisotopic (exact) mass is 313 g/mol. The first-order chi connectivity index (χ1) is 11.1. The summed E-state index contributed by atoms with van der Waals surface area (Å²) < 4.78 is 0. The number of amides is 1. The summed E-state index contributed by atoms with van der Waals surface area (Å²) in [6.07, 6.45) is 5.54. The minimum absolute atomic E-state index is 0.227. The molecule has 2 aliphatic heterocycles. The zero-order valence-electron chi connectivity index (χ0n) is 14.2. The lowest BCUT2D eigenvalue weighted by Crippen LogP contribution is -2.45. The van der Waals surface area contributed by atoms with Crippen LogP contribution in [0.2, 0.25) is 0 Å². The van der Waals surface area contributed by atoms with Crippen molar-refractivity contribution in [1.82, 2.24) is 9.80 Å². The molecule has 124 valence electrons. The molecule has 2 fully saturated rings. The molecule has 1 amide bonds. The number of carbonyl (C=O) groups is 1. The fraction of sp³-hybridized carbons (Fsp3) is 0.632. The van der Waals surface area contributed by atoms with Crippen LogP contribution in [-0.2, 0) is 10.2 Å². The molecule has 1 saturated carbocycles. The Morgan fingerprint density at radius 1 is 1.17 bits per heavy atom. The van der Waals surface area contributed by atoms with E-state index in [1.54, 1.807) is 0 Å². The molecule has 23 heavy (non-hydrogen) atoms. The molecular weight excluding hydrogens is 286 g/mol. The van der Waals surface area contributed by atoms with Gasteiger partial charge in [0.15, 0.2) is 0 Å². The van der Waals surface area contributed by atoms with E-state index in [4.69, 9.17) is 0 Å². The van der Waals surface area contributed by atoms with Crippen LogP contribution in [0.4, 0.5) is 5.69 Å². The van der Waals surface area contributed by atoms with Gasteiger partial charge in [-0.25, -0.2) is 0 Å². The van der Waals surface area contributed by atoms with E-state index < -0.39 is 0 Å². The predicted molar refractivity (Wildman–Crippen MR) is 92.7 cm³/mol. The van der Waals surface area contributed by atoms with Crippen molar-refractivity contribution in [2.75, 3.05) is 32.5 Å². The van der Waals surface area contributed by atoms with E-state index in [0.29, 0.717) is 12.1 Å². The summed E-state index contributed by atoms with van der Waals surface area (Å²) >= 11 is 0. The molecule has 1 N–H and O–H groups in total. The van der Waals surface area contributed by atoms with E-state index in [0.717, 1.165) is 31.4 Å². The smallest absolute Gasteiger partial charge is 0.235 e. The second kappa shape index (κ2) is 5.60. The highest BCUT2D eigenvalue weighted by Gasteiger charge is 2.49. The van der Waals surface area contributed by atoms with Gasteiger partial charge in [0.2, 0.25) is 5.91 Å². The molecule has 1 atom stereocenters. The van der Waals surface area contributed by atoms with Crippen molar-refractivity contribution in [2.24, 2.45) is 0 Å². The number of para-hydroxylation sites is 1. The number of rotatable bonds is 2. The molecular formula is C19H27N3O. The zero-order chi connectivity index (χ0) is 16.0. The number of hydrogen-bond acceptors (Lipinski definition) is 3. The van der Waals surface area contributed by atoms with Crippen molar-refractivity contribution in [1.29, 1.82) is 0 Å². The molecule has 4 heteroatoms. The van der Waals surface area contributed by atoms with Gasteiger partial charge in [-0.05, 0) is 57.8 Å². The third-order valence-electron chi connectivity index (χ3n) is 6.38. The molecule has 0 radical (unpaired) electrons. The summed E-state index contributed by atoms with van der Waals surface area (Å²) in [5, 5.41) is 3.11. The SMILES string of the molecule is CN(C)C1CCN(C2CCC3(CC2)C(=O)Nc2ccccc23)C1. The van der Waals surface area contributed by atoms with Crippen LogP contribution in [0.5, 0.6) is 0 Å². The Kier molecular flexibility index (Phi) is 3.69. The van der Waals surface area contributed by atoms with E-state index in [2.05, 4.69) is 41.3 Å². The van der Waals surface area contributed by atoms with Crippen molar-refractivity contribution >= 4 is 11.6 Å². The van der Waals surface area contributed by atoms with Gasteiger partial charge in [0.25, 0.3) is 0 Å². The normalized spacial score (nSPS) is 34.1. The van der Waals surface area contributed by atoms with E-state index in [9.17, 15) is 4.79 Å². The third kappa shape index (κ3) is 2.39. The molecule has 1 saturated heterocycles. The molecule has 1 spiro atoms. The van der Waals surface area contributed by atoms with Crippen LogP contribution >= 0.6 is 0 Å². The van der Waals surface area contributed by atoms with Gasteiger partial charge < -0.3 is 10.2 Å². The van der Waals surface area contributed by atoms with Crippen LogP contribution in [0.1, 0.15) is 37.7 Å². The van der Waals surface area contributed by atoms with Gasteiger partial charge in [0.1, 0.15) is 0 Å². The Morgan fingerprint density at radius 3 is 2.61 bits per heavy atom. The van der Waals surface area contributed by atoms with Gasteiger partial charge in [-0.15, -0.1) is 0 Å². The molecule has 2 heterocycles. The minimum Gasteiger partial charge on any atom is -0.325 e. The molecule has 1 aromatic rings. The first-order valence-corrected chi connectivity index (χ1v) is 8.91. The average molecular weight is 313 g/mol. The predicted octanol–water partition coefficient (Wildman–Crippen LogP) is 2.46. The van der Waals surface area contributed by atoms with E-state index >= 15 is 0 Å². The number of likely N-dealkylation sites (N-methyl/N-ethyl adjacent to an activating group) is 1. The van der Waals surface area contributed by atoms with Gasteiger partial charge >= 0.3 is 0 Å². The molecule has 1 aromatic carbocycles. The molecule has 1 aliphatic carbocycles. The first kappa shape index (κ1) is 15.2. The second-order valence-electron chi connectivity index (χ2n) is 7.71. The fourth-order valence-electron chi connectivity index (χ4n) is 4.85. The lowest BCUT2D eigenvalue weighted by atomic mass is 9.68. The second-order valence-corrected chi connectivity index (χ2v) is 7.71. The highest BCUT2D eigenvalue weighted by molar-refractivity contribution is 6.06. The third-order valence-corrected chi connectivity index (χ3v) is 6.38. The molecule has 3 aliphatic rings. The van der Waals surface area contributed by atoms with Gasteiger partial charge in [0.05, 0.1) is 5.41 Å². The standard InChI is InChI=1S/C19H27N3O/c1-21(2)15-9-12-22(13-15)14-7-10-19(11-8-14)16-5-3-4-6-17(16)20-18(19)23/h3-6,14-15H,7-13H2,1-2H3,(H,20,23). The Balaban J connectivity index is 1.47. The molecule has 0 bridgehead atoms. The van der Waals surface area contributed by atoms with E-state index in [1.807, 2.05) is 12.1 Å². The topological polar surface area (TPSA) is 35.6 Å². The summed E-state index contributed by atoms with van der Waals surface area (Å²) in [6, 6.07) is 9.61. The summed E-state index contributed by atoms with van der Waals surface area (Å²) in [6.45, 7) is 2.40. The number of anilines is 1. The lowest BCUT2D eigenvalue weighted by molar-refractivity contribution is -0.122. The quantitative estimate of drug-likeness (QED) is 0.911. The number of likely N-dealkylation sites (tertiary alicyclic amines) is 1. The minimum atomic E-state index is -0.256. The van der Waals surface area contributed by atoms with Crippen LogP contribution in [0, 0.1) is 0 Å². The summed E-state index contributed by atoms with van der Waals surface area (Å²) in [5.41, 5.74) is 2.01. The maximum atomic E-state index is 12.6. The summed E-state index contributed by atoms with van der Waals surface area (Å²) in [5.74, 6) is 0.227. The van der Waals surface area contributed by atoms with Crippen LogP contribution in [0.25, 0.3) is 0 Å². The highest BCUT2D eigenvalue weighted by atomic mass is 16.2. The molecule has 0 aromatic heterocycles. The van der Waals surface area contributed by atoms with Crippen LogP contribution in [0.15, 0.2) is 24.3 Å². The van der Waals surface area contributed by atoms with Gasteiger partial charge in [-0.3, -0.25) is 9.69 Å². The number of carbonyl (C=O) groups excluding carboxylic acids is 1. The maximum absolute atomic E-state index is 12.6. The van der Waals surface area contributed by atoms with Crippen LogP contribution < -0.4 is 5.32 Å². The number of nitrogens with zero attached hydrogens (tertiary/aromatic N) is 2. The van der Waals surface area contributed by atoms with Crippen molar-refractivity contribution in [3.05, 3.63) is 29.8 Å². The average Bonchev–Trinajstić information content (AvgIpc) is 3.14. The van der Waals surface area contributed by atoms with Crippen molar-refractivity contribution in [3.63, 3.8) is 0 Å². The van der Waals surface area contributed by atoms with Gasteiger partial charge in [-0.1, -0.05) is 18.2 Å². The van der Waals surface area contributed by atoms with Crippen molar-refractivity contribution in [3.8, 4) is 0 Å². The lowest BCUT2D eigenvalue weighted by Gasteiger charge is -2.39. The van der Waals surface area contributed by atoms with Crippen LogP contribution in [0.3, 0.4) is 0 Å². The Morgan fingerprint density at radius 2 is 1.91 bits per heavy atom. The number of fused-ring (bicyclic) bond motifs is 2. The largest absolute Gasteiger partial charge is 0.325 e. The zero-order valence-corrected chi connectivity index (χ0v) is 14.2. The summed E-state index contributed by atoms with van der Waals surface area (Å²) in [7, 11) is 4.37. The highest BCUT2D eigenvalue weighted by Crippen LogP contribution is 2.48. The molecule has 4 nitrogen and oxygen atoms in total. The Labute approximate surface area is 138 Å². The summed E-state index contributed by atoms with van der Waals surface area (Å²) in [4.78, 5) is 17.7. The number of hydrogen-bond donors (Lipinski definition) is 1. The van der Waals surface area contributed by atoms with E-state index in [1.165, 1.54) is 25.1 Å². The maximum Gasteiger partial charge on any atom is 0.235 e. The van der Waals surface area contributed by atoms with Crippen molar-refractivity contribution < 1.29 is 4.79 Å². The van der Waals surface area contributed by atoms with E-state index in [-0.39, 0.29) is 11.3 Å². The molecule has 4 rings (SSSR count). The number of nitrogens with one attached hydrogen (secondary N) is 1. The first-order valence-electron chi connectivity index (χ1n) is 8.91. The van der Waals surface area contributed by atoms with Crippen molar-refractivity contribution in [2.45, 2.75) is 49.6 Å². The fourth-order valence-corrected chi connectivity index (χ4v) is 4.85.